The van der Waals surface area contributed by atoms with Crippen molar-refractivity contribution in [3.05, 3.63) is 42.0 Å². The Balaban J connectivity index is 1.64. The number of carbonyl (C=O) groups is 1. The van der Waals surface area contributed by atoms with E-state index in [1.54, 1.807) is 37.7 Å². The molecule has 9 heteroatoms. The molecule has 3 aromatic rings. The summed E-state index contributed by atoms with van der Waals surface area (Å²) in [6, 6.07) is 11.2. The lowest BCUT2D eigenvalue weighted by molar-refractivity contribution is 0.0950. The highest BCUT2D eigenvalue weighted by Gasteiger charge is 2.13. The highest BCUT2D eigenvalue weighted by Crippen LogP contribution is 2.32. The fraction of sp³-hybridized carbons (Fsp3) is 0.300. The number of amides is 1. The van der Waals surface area contributed by atoms with Crippen molar-refractivity contribution in [2.45, 2.75) is 6.42 Å². The molecule has 0 bridgehead atoms. The molecule has 0 aliphatic rings. The van der Waals surface area contributed by atoms with E-state index in [1.165, 1.54) is 0 Å². The van der Waals surface area contributed by atoms with Crippen LogP contribution in [0.5, 0.6) is 11.5 Å². The lowest BCUT2D eigenvalue weighted by Gasteiger charge is -2.12. The number of benzene rings is 2. The van der Waals surface area contributed by atoms with Gasteiger partial charge in [0.05, 0.1) is 31.2 Å². The number of thiazole rings is 1. The van der Waals surface area contributed by atoms with Gasteiger partial charge in [0, 0.05) is 12.2 Å². The Morgan fingerprint density at radius 2 is 1.97 bits per heavy atom. The van der Waals surface area contributed by atoms with Gasteiger partial charge in [-0.2, -0.15) is 0 Å². The molecule has 0 unspecified atom stereocenters. The highest BCUT2D eigenvalue weighted by molar-refractivity contribution is 7.22. The number of nitrogens with zero attached hydrogens (tertiary/aromatic N) is 1. The molecule has 0 aliphatic heterocycles. The summed E-state index contributed by atoms with van der Waals surface area (Å²) in [5, 5.41) is 10.1. The minimum atomic E-state index is -0.190. The molecule has 1 amide bonds. The van der Waals surface area contributed by atoms with E-state index < -0.39 is 0 Å². The van der Waals surface area contributed by atoms with Crippen LogP contribution in [-0.2, 0) is 0 Å². The third-order valence-electron chi connectivity index (χ3n) is 4.24. The number of hydrogen-bond donors (Lipinski definition) is 4. The molecule has 1 heterocycles. The smallest absolute Gasteiger partial charge is 0.255 e. The molecule has 3 rings (SSSR count). The summed E-state index contributed by atoms with van der Waals surface area (Å²) >= 11 is 1.55. The third-order valence-corrected chi connectivity index (χ3v) is 5.22. The number of ether oxygens (including phenoxy) is 2. The van der Waals surface area contributed by atoms with Crippen LogP contribution in [0.1, 0.15) is 16.8 Å². The second-order valence-corrected chi connectivity index (χ2v) is 7.20. The second kappa shape index (κ2) is 9.94. The summed E-state index contributed by atoms with van der Waals surface area (Å²) in [5.74, 6) is 1.08. The molecule has 1 aromatic heterocycles. The van der Waals surface area contributed by atoms with Gasteiger partial charge in [0.15, 0.2) is 5.13 Å². The van der Waals surface area contributed by atoms with Gasteiger partial charge in [-0.3, -0.25) is 4.79 Å². The summed E-state index contributed by atoms with van der Waals surface area (Å²) in [7, 11) is 3.18. The second-order valence-electron chi connectivity index (χ2n) is 6.17. The molecule has 0 spiro atoms. The number of rotatable bonds is 10. The van der Waals surface area contributed by atoms with Crippen LogP contribution in [0, 0.1) is 0 Å². The van der Waals surface area contributed by atoms with Gasteiger partial charge in [-0.1, -0.05) is 17.4 Å². The van der Waals surface area contributed by atoms with Crippen LogP contribution in [0.25, 0.3) is 10.2 Å². The fourth-order valence-electron chi connectivity index (χ4n) is 2.78. The van der Waals surface area contributed by atoms with E-state index >= 15 is 0 Å². The van der Waals surface area contributed by atoms with Gasteiger partial charge in [-0.25, -0.2) is 4.98 Å². The van der Waals surface area contributed by atoms with E-state index in [0.717, 1.165) is 33.2 Å². The van der Waals surface area contributed by atoms with Crippen molar-refractivity contribution in [1.82, 2.24) is 10.3 Å². The number of fused-ring (bicyclic) bond motifs is 1. The molecule has 0 atom stereocenters. The standard InChI is InChI=1S/C20H25N5O3S/c1-27-15-8-7-13(11-14(15)19(26)22-10-4-9-21)23-12-24-20-25-18-16(28-2)5-3-6-17(18)29-20/h3,5-8,11,23H,4,9-10,12,21H2,1-2H3,(H,22,26)(H,24,25). The van der Waals surface area contributed by atoms with Crippen LogP contribution in [0.2, 0.25) is 0 Å². The molecule has 0 saturated carbocycles. The molecule has 2 aromatic carbocycles. The van der Waals surface area contributed by atoms with Gasteiger partial charge in [-0.15, -0.1) is 0 Å². The topological polar surface area (TPSA) is 111 Å². The minimum Gasteiger partial charge on any atom is -0.496 e. The van der Waals surface area contributed by atoms with E-state index in [9.17, 15) is 4.79 Å². The quantitative estimate of drug-likeness (QED) is 0.298. The molecular formula is C20H25N5O3S. The number of nitrogens with one attached hydrogen (secondary N) is 3. The Labute approximate surface area is 173 Å². The first-order valence-electron chi connectivity index (χ1n) is 9.24. The van der Waals surface area contributed by atoms with Crippen molar-refractivity contribution >= 4 is 38.3 Å². The van der Waals surface area contributed by atoms with Crippen molar-refractivity contribution in [3.8, 4) is 11.5 Å². The molecule has 29 heavy (non-hydrogen) atoms. The van der Waals surface area contributed by atoms with Crippen molar-refractivity contribution in [1.29, 1.82) is 0 Å². The molecular weight excluding hydrogens is 390 g/mol. The molecule has 5 N–H and O–H groups in total. The van der Waals surface area contributed by atoms with Crippen LogP contribution in [0.4, 0.5) is 10.8 Å². The summed E-state index contributed by atoms with van der Waals surface area (Å²) < 4.78 is 11.7. The number of methoxy groups -OCH3 is 2. The number of carbonyl (C=O) groups excluding carboxylic acids is 1. The zero-order chi connectivity index (χ0) is 20.6. The lowest BCUT2D eigenvalue weighted by Crippen LogP contribution is -2.26. The summed E-state index contributed by atoms with van der Waals surface area (Å²) in [6.07, 6.45) is 0.725. The number of para-hydroxylation sites is 1. The number of aromatic nitrogens is 1. The molecule has 154 valence electrons. The van der Waals surface area contributed by atoms with Crippen molar-refractivity contribution in [2.75, 3.05) is 44.6 Å². The first-order chi connectivity index (χ1) is 14.2. The van der Waals surface area contributed by atoms with E-state index in [2.05, 4.69) is 20.9 Å². The van der Waals surface area contributed by atoms with Crippen LogP contribution in [0.3, 0.4) is 0 Å². The number of nitrogens with two attached hydrogens (primary N) is 1. The van der Waals surface area contributed by atoms with Gasteiger partial charge < -0.3 is 31.2 Å². The van der Waals surface area contributed by atoms with Crippen LogP contribution >= 0.6 is 11.3 Å². The third kappa shape index (κ3) is 5.07. The van der Waals surface area contributed by atoms with Crippen LogP contribution in [-0.4, -0.2) is 44.9 Å². The van der Waals surface area contributed by atoms with E-state index in [0.29, 0.717) is 31.1 Å². The predicted molar refractivity (Wildman–Crippen MR) is 117 cm³/mol. The van der Waals surface area contributed by atoms with Gasteiger partial charge in [0.2, 0.25) is 0 Å². The van der Waals surface area contributed by atoms with Gasteiger partial charge >= 0.3 is 0 Å². The van der Waals surface area contributed by atoms with Gasteiger partial charge in [0.25, 0.3) is 5.91 Å². The van der Waals surface area contributed by atoms with E-state index in [-0.39, 0.29) is 5.91 Å². The summed E-state index contributed by atoms with van der Waals surface area (Å²) in [6.45, 7) is 1.50. The largest absolute Gasteiger partial charge is 0.496 e. The Hall–Kier alpha value is -3.04. The molecule has 0 saturated heterocycles. The monoisotopic (exact) mass is 415 g/mol. The molecule has 8 nitrogen and oxygen atoms in total. The Bertz CT molecular complexity index is 976. The average molecular weight is 416 g/mol. The number of hydrogen-bond acceptors (Lipinski definition) is 8. The zero-order valence-corrected chi connectivity index (χ0v) is 17.3. The zero-order valence-electron chi connectivity index (χ0n) is 16.5. The minimum absolute atomic E-state index is 0.190. The molecule has 0 aliphatic carbocycles. The Morgan fingerprint density at radius 1 is 1.14 bits per heavy atom. The van der Waals surface area contributed by atoms with E-state index in [4.69, 9.17) is 15.2 Å². The highest BCUT2D eigenvalue weighted by atomic mass is 32.1. The lowest BCUT2D eigenvalue weighted by atomic mass is 10.1. The first-order valence-corrected chi connectivity index (χ1v) is 10.1. The maximum atomic E-state index is 12.4. The van der Waals surface area contributed by atoms with Crippen molar-refractivity contribution in [3.63, 3.8) is 0 Å². The SMILES string of the molecule is COc1ccc(NCNc2nc3c(OC)cccc3s2)cc1C(=O)NCCCN. The predicted octanol–water partition coefficient (Wildman–Crippen LogP) is 2.87. The maximum Gasteiger partial charge on any atom is 0.255 e. The Morgan fingerprint density at radius 3 is 2.72 bits per heavy atom. The average Bonchev–Trinajstić information content (AvgIpc) is 3.16. The summed E-state index contributed by atoms with van der Waals surface area (Å²) in [4.78, 5) is 17.0. The van der Waals surface area contributed by atoms with Gasteiger partial charge in [0.1, 0.15) is 17.0 Å². The van der Waals surface area contributed by atoms with Gasteiger partial charge in [-0.05, 0) is 43.3 Å². The van der Waals surface area contributed by atoms with Crippen LogP contribution < -0.4 is 31.2 Å². The van der Waals surface area contributed by atoms with Crippen LogP contribution in [0.15, 0.2) is 36.4 Å². The maximum absolute atomic E-state index is 12.4. The first kappa shape index (κ1) is 20.7. The van der Waals surface area contributed by atoms with Crippen molar-refractivity contribution in [2.24, 2.45) is 5.73 Å². The molecule has 0 fully saturated rings. The molecule has 0 radical (unpaired) electrons. The number of anilines is 2. The Kier molecular flexibility index (Phi) is 7.09. The fourth-order valence-corrected chi connectivity index (χ4v) is 3.66. The normalized spacial score (nSPS) is 10.6. The van der Waals surface area contributed by atoms with E-state index in [1.807, 2.05) is 24.3 Å². The van der Waals surface area contributed by atoms with Crippen molar-refractivity contribution < 1.29 is 14.3 Å². The summed E-state index contributed by atoms with van der Waals surface area (Å²) in [5.41, 5.74) is 7.57.